The normalized spacial score (nSPS) is 10.1. The third-order valence-corrected chi connectivity index (χ3v) is 2.42. The molecular weight excluding hydrogens is 235 g/mol. The van der Waals surface area contributed by atoms with Crippen LogP contribution in [0.3, 0.4) is 0 Å². The number of hydrogen-bond donors (Lipinski definition) is 2. The van der Waals surface area contributed by atoms with Crippen molar-refractivity contribution in [2.24, 2.45) is 0 Å². The second-order valence-corrected chi connectivity index (χ2v) is 3.91. The molecule has 5 heteroatoms. The van der Waals surface area contributed by atoms with E-state index in [1.165, 1.54) is 12.1 Å². The molecule has 0 saturated carbocycles. The van der Waals surface area contributed by atoms with Crippen molar-refractivity contribution < 1.29 is 13.9 Å². The predicted octanol–water partition coefficient (Wildman–Crippen LogP) is 1.70. The van der Waals surface area contributed by atoms with Crippen LogP contribution in [0.2, 0.25) is 0 Å². The van der Waals surface area contributed by atoms with Crippen molar-refractivity contribution in [3.05, 3.63) is 35.6 Å². The van der Waals surface area contributed by atoms with Crippen molar-refractivity contribution in [1.82, 2.24) is 10.6 Å². The molecule has 0 heterocycles. The van der Waals surface area contributed by atoms with Gasteiger partial charge in [-0.1, -0.05) is 12.1 Å². The number of carbonyl (C=O) groups excluding carboxylic acids is 1. The van der Waals surface area contributed by atoms with Gasteiger partial charge in [0.25, 0.3) is 0 Å². The molecule has 4 nitrogen and oxygen atoms in total. The van der Waals surface area contributed by atoms with Crippen molar-refractivity contribution in [2.45, 2.75) is 12.8 Å². The summed E-state index contributed by atoms with van der Waals surface area (Å²) in [6.45, 7) is 1.76. The molecular formula is C13H19FN2O2. The predicted molar refractivity (Wildman–Crippen MR) is 68.0 cm³/mol. The maximum atomic E-state index is 12.6. The minimum absolute atomic E-state index is 0.187. The van der Waals surface area contributed by atoms with Gasteiger partial charge in [-0.3, -0.25) is 0 Å². The van der Waals surface area contributed by atoms with Gasteiger partial charge in [0.2, 0.25) is 0 Å². The summed E-state index contributed by atoms with van der Waals surface area (Å²) < 4.78 is 17.5. The molecule has 0 aliphatic rings. The Morgan fingerprint density at radius 2 is 1.89 bits per heavy atom. The first-order valence-electron chi connectivity index (χ1n) is 5.97. The fourth-order valence-corrected chi connectivity index (χ4v) is 1.45. The number of benzene rings is 1. The van der Waals surface area contributed by atoms with E-state index in [2.05, 4.69) is 10.6 Å². The van der Waals surface area contributed by atoms with Crippen molar-refractivity contribution in [1.29, 1.82) is 0 Å². The Balaban J connectivity index is 2.10. The third-order valence-electron chi connectivity index (χ3n) is 2.42. The minimum Gasteiger partial charge on any atom is -0.385 e. The Morgan fingerprint density at radius 3 is 2.56 bits per heavy atom. The Bertz CT molecular complexity index is 355. The zero-order chi connectivity index (χ0) is 13.2. The molecule has 1 aromatic rings. The fourth-order valence-electron chi connectivity index (χ4n) is 1.45. The van der Waals surface area contributed by atoms with Crippen LogP contribution in [0, 0.1) is 5.82 Å². The molecule has 2 N–H and O–H groups in total. The number of carbonyl (C=O) groups is 1. The second kappa shape index (κ2) is 8.47. The highest BCUT2D eigenvalue weighted by Crippen LogP contribution is 2.02. The molecule has 0 radical (unpaired) electrons. The largest absolute Gasteiger partial charge is 0.385 e. The average Bonchev–Trinajstić information content (AvgIpc) is 2.37. The Labute approximate surface area is 107 Å². The zero-order valence-corrected chi connectivity index (χ0v) is 10.5. The molecule has 0 unspecified atom stereocenters. The molecule has 2 amide bonds. The maximum Gasteiger partial charge on any atom is 0.314 e. The van der Waals surface area contributed by atoms with Crippen LogP contribution in [0.5, 0.6) is 0 Å². The van der Waals surface area contributed by atoms with E-state index in [9.17, 15) is 9.18 Å². The molecule has 0 aliphatic heterocycles. The van der Waals surface area contributed by atoms with Crippen LogP contribution < -0.4 is 10.6 Å². The molecule has 0 saturated heterocycles. The highest BCUT2D eigenvalue weighted by Gasteiger charge is 1.99. The molecule has 1 aromatic carbocycles. The van der Waals surface area contributed by atoms with E-state index in [1.807, 2.05) is 0 Å². The molecule has 0 spiro atoms. The van der Waals surface area contributed by atoms with Gasteiger partial charge in [-0.25, -0.2) is 9.18 Å². The van der Waals surface area contributed by atoms with Gasteiger partial charge in [-0.15, -0.1) is 0 Å². The average molecular weight is 254 g/mol. The number of hydrogen-bond acceptors (Lipinski definition) is 2. The fraction of sp³-hybridized carbons (Fsp3) is 0.462. The lowest BCUT2D eigenvalue weighted by molar-refractivity contribution is 0.193. The first-order chi connectivity index (χ1) is 8.72. The minimum atomic E-state index is -0.248. The van der Waals surface area contributed by atoms with E-state index in [1.54, 1.807) is 19.2 Å². The van der Waals surface area contributed by atoms with E-state index in [4.69, 9.17) is 4.74 Å². The van der Waals surface area contributed by atoms with Crippen LogP contribution in [-0.2, 0) is 11.2 Å². The van der Waals surface area contributed by atoms with Gasteiger partial charge >= 0.3 is 6.03 Å². The first kappa shape index (κ1) is 14.4. The Hall–Kier alpha value is -1.62. The van der Waals surface area contributed by atoms with E-state index in [0.717, 1.165) is 12.0 Å². The van der Waals surface area contributed by atoms with Crippen LogP contribution in [0.1, 0.15) is 12.0 Å². The molecule has 1 rings (SSSR count). The van der Waals surface area contributed by atoms with Gasteiger partial charge in [0.15, 0.2) is 0 Å². The number of methoxy groups -OCH3 is 1. The zero-order valence-electron chi connectivity index (χ0n) is 10.5. The first-order valence-corrected chi connectivity index (χ1v) is 5.97. The summed E-state index contributed by atoms with van der Waals surface area (Å²) in [4.78, 5) is 11.3. The van der Waals surface area contributed by atoms with E-state index >= 15 is 0 Å². The van der Waals surface area contributed by atoms with E-state index in [0.29, 0.717) is 26.1 Å². The lowest BCUT2D eigenvalue weighted by Gasteiger charge is -2.07. The monoisotopic (exact) mass is 254 g/mol. The van der Waals surface area contributed by atoms with Gasteiger partial charge in [-0.2, -0.15) is 0 Å². The number of halogens is 1. The molecule has 0 aliphatic carbocycles. The summed E-state index contributed by atoms with van der Waals surface area (Å²) in [7, 11) is 1.63. The van der Waals surface area contributed by atoms with Crippen molar-refractivity contribution >= 4 is 6.03 Å². The van der Waals surface area contributed by atoms with Gasteiger partial charge < -0.3 is 15.4 Å². The van der Waals surface area contributed by atoms with Crippen LogP contribution in [0.15, 0.2) is 24.3 Å². The number of urea groups is 1. The quantitative estimate of drug-likeness (QED) is 0.728. The lowest BCUT2D eigenvalue weighted by Crippen LogP contribution is -2.37. The van der Waals surface area contributed by atoms with Crippen molar-refractivity contribution in [3.8, 4) is 0 Å². The summed E-state index contributed by atoms with van der Waals surface area (Å²) in [5.41, 5.74) is 0.996. The van der Waals surface area contributed by atoms with E-state index in [-0.39, 0.29) is 11.8 Å². The van der Waals surface area contributed by atoms with Crippen LogP contribution in [0.25, 0.3) is 0 Å². The number of nitrogens with one attached hydrogen (secondary N) is 2. The molecule has 18 heavy (non-hydrogen) atoms. The van der Waals surface area contributed by atoms with Crippen molar-refractivity contribution in [3.63, 3.8) is 0 Å². The van der Waals surface area contributed by atoms with Gasteiger partial charge in [0.05, 0.1) is 0 Å². The third kappa shape index (κ3) is 6.20. The summed E-state index contributed by atoms with van der Waals surface area (Å²) >= 11 is 0. The highest BCUT2D eigenvalue weighted by molar-refractivity contribution is 5.73. The molecule has 0 atom stereocenters. The van der Waals surface area contributed by atoms with Gasteiger partial charge in [0, 0.05) is 26.8 Å². The number of ether oxygens (including phenoxy) is 1. The Kier molecular flexibility index (Phi) is 6.79. The SMILES string of the molecule is COCCCNC(=O)NCCc1ccc(F)cc1. The van der Waals surface area contributed by atoms with Crippen LogP contribution in [0.4, 0.5) is 9.18 Å². The van der Waals surface area contributed by atoms with Crippen molar-refractivity contribution in [2.75, 3.05) is 26.8 Å². The maximum absolute atomic E-state index is 12.6. The topological polar surface area (TPSA) is 50.4 Å². The summed E-state index contributed by atoms with van der Waals surface area (Å²) in [5.74, 6) is -0.248. The number of amides is 2. The number of rotatable bonds is 7. The highest BCUT2D eigenvalue weighted by atomic mass is 19.1. The van der Waals surface area contributed by atoms with Crippen LogP contribution in [-0.4, -0.2) is 32.8 Å². The molecule has 0 bridgehead atoms. The molecule has 100 valence electrons. The van der Waals surface area contributed by atoms with Gasteiger partial charge in [0.1, 0.15) is 5.82 Å². The Morgan fingerprint density at radius 1 is 1.22 bits per heavy atom. The lowest BCUT2D eigenvalue weighted by atomic mass is 10.1. The second-order valence-electron chi connectivity index (χ2n) is 3.91. The standard InChI is InChI=1S/C13H19FN2O2/c1-18-10-2-8-15-13(17)16-9-7-11-3-5-12(14)6-4-11/h3-6H,2,7-10H2,1H3,(H2,15,16,17). The molecule has 0 fully saturated rings. The smallest absolute Gasteiger partial charge is 0.314 e. The summed E-state index contributed by atoms with van der Waals surface area (Å²) in [6.07, 6.45) is 1.48. The summed E-state index contributed by atoms with van der Waals surface area (Å²) in [6, 6.07) is 6.08. The van der Waals surface area contributed by atoms with Gasteiger partial charge in [-0.05, 0) is 30.5 Å². The molecule has 0 aromatic heterocycles. The van der Waals surface area contributed by atoms with E-state index < -0.39 is 0 Å². The summed E-state index contributed by atoms with van der Waals surface area (Å²) in [5, 5.41) is 5.46. The van der Waals surface area contributed by atoms with Crippen LogP contribution >= 0.6 is 0 Å².